The SMILES string of the molecule is CNC1(C)CCN(S(=O)(=O)c2ccc3c(c2)CCO3)CC1. The van der Waals surface area contributed by atoms with Gasteiger partial charge in [-0.1, -0.05) is 0 Å². The summed E-state index contributed by atoms with van der Waals surface area (Å²) in [6, 6.07) is 5.20. The summed E-state index contributed by atoms with van der Waals surface area (Å²) in [6.07, 6.45) is 2.45. The van der Waals surface area contributed by atoms with Crippen LogP contribution in [0.1, 0.15) is 25.3 Å². The molecule has 0 radical (unpaired) electrons. The van der Waals surface area contributed by atoms with E-state index in [1.54, 1.807) is 22.5 Å². The van der Waals surface area contributed by atoms with Crippen molar-refractivity contribution in [2.45, 2.75) is 36.6 Å². The second-order valence-electron chi connectivity index (χ2n) is 6.08. The smallest absolute Gasteiger partial charge is 0.243 e. The minimum Gasteiger partial charge on any atom is -0.493 e. The van der Waals surface area contributed by atoms with Crippen molar-refractivity contribution in [2.75, 3.05) is 26.7 Å². The summed E-state index contributed by atoms with van der Waals surface area (Å²) in [6.45, 7) is 3.91. The maximum atomic E-state index is 12.8. The Labute approximate surface area is 126 Å². The van der Waals surface area contributed by atoms with Gasteiger partial charge >= 0.3 is 0 Å². The summed E-state index contributed by atoms with van der Waals surface area (Å²) in [4.78, 5) is 0.389. The highest BCUT2D eigenvalue weighted by Gasteiger charge is 2.34. The van der Waals surface area contributed by atoms with E-state index in [-0.39, 0.29) is 5.54 Å². The Morgan fingerprint density at radius 1 is 1.29 bits per heavy atom. The van der Waals surface area contributed by atoms with Gasteiger partial charge in [0.1, 0.15) is 5.75 Å². The fraction of sp³-hybridized carbons (Fsp3) is 0.600. The van der Waals surface area contributed by atoms with Gasteiger partial charge in [-0.3, -0.25) is 0 Å². The molecule has 1 aromatic rings. The first kappa shape index (κ1) is 14.8. The summed E-state index contributed by atoms with van der Waals surface area (Å²) in [5.41, 5.74) is 1.03. The van der Waals surface area contributed by atoms with E-state index >= 15 is 0 Å². The van der Waals surface area contributed by atoms with E-state index in [2.05, 4.69) is 12.2 Å². The zero-order valence-electron chi connectivity index (χ0n) is 12.6. The highest BCUT2D eigenvalue weighted by molar-refractivity contribution is 7.89. The van der Waals surface area contributed by atoms with Crippen LogP contribution in [-0.4, -0.2) is 45.0 Å². The molecule has 0 aliphatic carbocycles. The predicted octanol–water partition coefficient (Wildman–Crippen LogP) is 1.38. The average Bonchev–Trinajstić information content (AvgIpc) is 2.95. The summed E-state index contributed by atoms with van der Waals surface area (Å²) in [7, 11) is -1.46. The monoisotopic (exact) mass is 310 g/mol. The lowest BCUT2D eigenvalue weighted by Gasteiger charge is -2.38. The minimum atomic E-state index is -3.39. The summed E-state index contributed by atoms with van der Waals surface area (Å²) < 4.78 is 32.5. The van der Waals surface area contributed by atoms with Crippen LogP contribution in [0, 0.1) is 0 Å². The standard InChI is InChI=1S/C15H22N2O3S/c1-15(16-2)6-8-17(9-7-15)21(18,19)13-3-4-14-12(11-13)5-10-20-14/h3-4,11,16H,5-10H2,1-2H3. The van der Waals surface area contributed by atoms with Crippen LogP contribution in [0.4, 0.5) is 0 Å². The third kappa shape index (κ3) is 2.67. The largest absolute Gasteiger partial charge is 0.493 e. The Bertz CT molecular complexity index is 634. The van der Waals surface area contributed by atoms with Crippen molar-refractivity contribution in [3.05, 3.63) is 23.8 Å². The molecule has 2 heterocycles. The molecule has 5 nitrogen and oxygen atoms in total. The normalized spacial score (nSPS) is 21.8. The van der Waals surface area contributed by atoms with Crippen LogP contribution in [0.15, 0.2) is 23.1 Å². The molecule has 1 saturated heterocycles. The van der Waals surface area contributed by atoms with Crippen LogP contribution in [0.5, 0.6) is 5.75 Å². The van der Waals surface area contributed by atoms with Gasteiger partial charge in [-0.2, -0.15) is 4.31 Å². The van der Waals surface area contributed by atoms with Gasteiger partial charge in [0.15, 0.2) is 0 Å². The molecule has 0 spiro atoms. The number of hydrogen-bond acceptors (Lipinski definition) is 4. The summed E-state index contributed by atoms with van der Waals surface area (Å²) >= 11 is 0. The molecular weight excluding hydrogens is 288 g/mol. The number of nitrogens with zero attached hydrogens (tertiary/aromatic N) is 1. The van der Waals surface area contributed by atoms with Crippen molar-refractivity contribution >= 4 is 10.0 Å². The first-order valence-electron chi connectivity index (χ1n) is 7.39. The van der Waals surface area contributed by atoms with Crippen LogP contribution in [0.3, 0.4) is 0 Å². The maximum absolute atomic E-state index is 12.8. The van der Waals surface area contributed by atoms with Gasteiger partial charge in [-0.15, -0.1) is 0 Å². The average molecular weight is 310 g/mol. The molecule has 3 rings (SSSR count). The fourth-order valence-electron chi connectivity index (χ4n) is 2.94. The van der Waals surface area contributed by atoms with Gasteiger partial charge < -0.3 is 10.1 Å². The summed E-state index contributed by atoms with van der Waals surface area (Å²) in [5.74, 6) is 0.815. The Morgan fingerprint density at radius 2 is 2.00 bits per heavy atom. The van der Waals surface area contributed by atoms with E-state index in [1.807, 2.05) is 7.05 Å². The first-order chi connectivity index (χ1) is 9.94. The Kier molecular flexibility index (Phi) is 3.71. The maximum Gasteiger partial charge on any atom is 0.243 e. The molecule has 0 amide bonds. The Hall–Kier alpha value is -1.11. The Balaban J connectivity index is 1.82. The van der Waals surface area contributed by atoms with E-state index in [0.29, 0.717) is 24.6 Å². The molecule has 21 heavy (non-hydrogen) atoms. The number of fused-ring (bicyclic) bond motifs is 1. The molecule has 2 aliphatic heterocycles. The van der Waals surface area contributed by atoms with E-state index in [4.69, 9.17) is 4.74 Å². The van der Waals surface area contributed by atoms with Crippen LogP contribution < -0.4 is 10.1 Å². The zero-order valence-corrected chi connectivity index (χ0v) is 13.4. The molecule has 0 aromatic heterocycles. The second-order valence-corrected chi connectivity index (χ2v) is 8.02. The van der Waals surface area contributed by atoms with Gasteiger partial charge in [0.05, 0.1) is 11.5 Å². The molecule has 2 aliphatic rings. The lowest BCUT2D eigenvalue weighted by atomic mass is 9.91. The van der Waals surface area contributed by atoms with E-state index < -0.39 is 10.0 Å². The van der Waals surface area contributed by atoms with E-state index in [1.165, 1.54) is 0 Å². The minimum absolute atomic E-state index is 0.0395. The highest BCUT2D eigenvalue weighted by Crippen LogP contribution is 2.31. The van der Waals surface area contributed by atoms with Gasteiger partial charge in [0.25, 0.3) is 0 Å². The molecule has 0 unspecified atom stereocenters. The molecule has 0 bridgehead atoms. The van der Waals surface area contributed by atoms with Crippen LogP contribution >= 0.6 is 0 Å². The first-order valence-corrected chi connectivity index (χ1v) is 8.83. The number of hydrogen-bond donors (Lipinski definition) is 1. The summed E-state index contributed by atoms with van der Waals surface area (Å²) in [5, 5.41) is 3.29. The number of piperidine rings is 1. The number of rotatable bonds is 3. The van der Waals surface area contributed by atoms with Crippen molar-refractivity contribution in [3.8, 4) is 5.75 Å². The van der Waals surface area contributed by atoms with E-state index in [9.17, 15) is 8.42 Å². The molecule has 1 fully saturated rings. The van der Waals surface area contributed by atoms with Crippen molar-refractivity contribution < 1.29 is 13.2 Å². The van der Waals surface area contributed by atoms with E-state index in [0.717, 1.165) is 30.6 Å². The molecule has 6 heteroatoms. The lowest BCUT2D eigenvalue weighted by Crippen LogP contribution is -2.51. The zero-order chi connectivity index (χ0) is 15.1. The molecule has 0 atom stereocenters. The third-order valence-electron chi connectivity index (χ3n) is 4.73. The molecule has 1 aromatic carbocycles. The molecule has 0 saturated carbocycles. The van der Waals surface area contributed by atoms with Gasteiger partial charge in [0, 0.05) is 25.0 Å². The topological polar surface area (TPSA) is 58.6 Å². The molecule has 116 valence electrons. The quantitative estimate of drug-likeness (QED) is 0.916. The van der Waals surface area contributed by atoms with Crippen LogP contribution in [0.2, 0.25) is 0 Å². The predicted molar refractivity (Wildman–Crippen MR) is 81.1 cm³/mol. The van der Waals surface area contributed by atoms with Crippen molar-refractivity contribution in [3.63, 3.8) is 0 Å². The van der Waals surface area contributed by atoms with Gasteiger partial charge in [0.2, 0.25) is 10.0 Å². The van der Waals surface area contributed by atoms with Crippen molar-refractivity contribution in [1.82, 2.24) is 9.62 Å². The van der Waals surface area contributed by atoms with Crippen molar-refractivity contribution in [1.29, 1.82) is 0 Å². The second kappa shape index (κ2) is 5.26. The van der Waals surface area contributed by atoms with Crippen LogP contribution in [-0.2, 0) is 16.4 Å². The van der Waals surface area contributed by atoms with Gasteiger partial charge in [-0.25, -0.2) is 8.42 Å². The number of ether oxygens (including phenoxy) is 1. The van der Waals surface area contributed by atoms with Crippen molar-refractivity contribution in [2.24, 2.45) is 0 Å². The Morgan fingerprint density at radius 3 is 2.67 bits per heavy atom. The van der Waals surface area contributed by atoms with Crippen LogP contribution in [0.25, 0.3) is 0 Å². The number of sulfonamides is 1. The van der Waals surface area contributed by atoms with Gasteiger partial charge in [-0.05, 0) is 50.6 Å². The molecule has 1 N–H and O–H groups in total. The third-order valence-corrected chi connectivity index (χ3v) is 6.62. The molecular formula is C15H22N2O3S. The lowest BCUT2D eigenvalue weighted by molar-refractivity contribution is 0.219. The fourth-order valence-corrected chi connectivity index (χ4v) is 4.44. The highest BCUT2D eigenvalue weighted by atomic mass is 32.2. The number of benzene rings is 1. The number of nitrogens with one attached hydrogen (secondary N) is 1.